The van der Waals surface area contributed by atoms with Crippen molar-refractivity contribution in [3.63, 3.8) is 0 Å². The monoisotopic (exact) mass is 370 g/mol. The average molecular weight is 370 g/mol. The predicted molar refractivity (Wildman–Crippen MR) is 101 cm³/mol. The second kappa shape index (κ2) is 8.43. The number of nitrogen functional groups attached to an aromatic ring is 1. The molecule has 2 aromatic rings. The van der Waals surface area contributed by atoms with E-state index in [1.54, 1.807) is 0 Å². The number of benzene rings is 1. The van der Waals surface area contributed by atoms with Gasteiger partial charge < -0.3 is 16.0 Å². The lowest BCUT2D eigenvalue weighted by atomic mass is 9.90. The van der Waals surface area contributed by atoms with Gasteiger partial charge in [0.2, 0.25) is 17.7 Å². The number of likely N-dealkylation sites (tertiary alicyclic amines) is 1. The summed E-state index contributed by atoms with van der Waals surface area (Å²) in [6, 6.07) is 10.4. The number of rotatable bonds is 6. The van der Waals surface area contributed by atoms with Gasteiger partial charge in [0.15, 0.2) is 0 Å². The summed E-state index contributed by atoms with van der Waals surface area (Å²) in [4.78, 5) is 31.9. The first-order valence-corrected chi connectivity index (χ1v) is 8.85. The Morgan fingerprint density at radius 2 is 2.00 bits per heavy atom. The topological polar surface area (TPSA) is 127 Å². The highest BCUT2D eigenvalue weighted by atomic mass is 16.6. The van der Waals surface area contributed by atoms with Crippen LogP contribution in [0.3, 0.4) is 0 Å². The Hall–Kier alpha value is -3.23. The number of anilines is 2. The van der Waals surface area contributed by atoms with Gasteiger partial charge in [0, 0.05) is 13.1 Å². The molecule has 0 radical (unpaired) electrons. The van der Waals surface area contributed by atoms with Crippen molar-refractivity contribution in [3.8, 4) is 0 Å². The summed E-state index contributed by atoms with van der Waals surface area (Å²) in [5, 5.41) is 13.5. The summed E-state index contributed by atoms with van der Waals surface area (Å²) in [6.45, 7) is 1.48. The average Bonchev–Trinajstić information content (AvgIpc) is 2.67. The van der Waals surface area contributed by atoms with E-state index in [0.717, 1.165) is 38.5 Å². The number of hydrogen-bond donors (Lipinski definition) is 2. The third-order valence-electron chi connectivity index (χ3n) is 4.73. The van der Waals surface area contributed by atoms with Crippen molar-refractivity contribution >= 4 is 23.4 Å². The third-order valence-corrected chi connectivity index (χ3v) is 4.73. The fourth-order valence-corrected chi connectivity index (χ4v) is 3.21. The van der Waals surface area contributed by atoms with Crippen molar-refractivity contribution < 1.29 is 9.72 Å². The molecular formula is C18H22N6O3. The number of amides is 1. The van der Waals surface area contributed by atoms with Crippen molar-refractivity contribution in [2.75, 3.05) is 30.7 Å². The number of carbonyl (C=O) groups is 1. The van der Waals surface area contributed by atoms with E-state index in [0.29, 0.717) is 5.92 Å². The fraction of sp³-hybridized carbons (Fsp3) is 0.389. The normalized spacial score (nSPS) is 14.7. The molecule has 0 aliphatic carbocycles. The number of aromatic nitrogens is 2. The van der Waals surface area contributed by atoms with Gasteiger partial charge in [-0.25, -0.2) is 4.98 Å². The van der Waals surface area contributed by atoms with Crippen LogP contribution in [0.15, 0.2) is 36.5 Å². The summed E-state index contributed by atoms with van der Waals surface area (Å²) >= 11 is 0. The van der Waals surface area contributed by atoms with E-state index in [4.69, 9.17) is 5.73 Å². The van der Waals surface area contributed by atoms with Crippen LogP contribution in [0.1, 0.15) is 18.4 Å². The van der Waals surface area contributed by atoms with Crippen molar-refractivity contribution in [1.82, 2.24) is 14.9 Å². The number of nitrogens with two attached hydrogens (primary N) is 1. The van der Waals surface area contributed by atoms with Crippen LogP contribution in [-0.4, -0.2) is 45.3 Å². The second-order valence-corrected chi connectivity index (χ2v) is 6.59. The summed E-state index contributed by atoms with van der Waals surface area (Å²) in [5.41, 5.74) is 6.50. The Kier molecular flexibility index (Phi) is 5.80. The predicted octanol–water partition coefficient (Wildman–Crippen LogP) is 1.86. The van der Waals surface area contributed by atoms with Gasteiger partial charge in [-0.1, -0.05) is 30.3 Å². The Morgan fingerprint density at radius 3 is 2.63 bits per heavy atom. The molecule has 1 aromatic heterocycles. The first-order chi connectivity index (χ1) is 13.0. The smallest absolute Gasteiger partial charge is 0.329 e. The molecule has 0 spiro atoms. The summed E-state index contributed by atoms with van der Waals surface area (Å²) < 4.78 is 0. The van der Waals surface area contributed by atoms with E-state index in [1.165, 1.54) is 5.56 Å². The minimum Gasteiger partial charge on any atom is -0.378 e. The summed E-state index contributed by atoms with van der Waals surface area (Å²) in [7, 11) is 0. The maximum Gasteiger partial charge on any atom is 0.329 e. The Morgan fingerprint density at radius 1 is 1.30 bits per heavy atom. The van der Waals surface area contributed by atoms with E-state index in [2.05, 4.69) is 27.4 Å². The van der Waals surface area contributed by atoms with Crippen molar-refractivity contribution in [2.24, 2.45) is 5.92 Å². The molecule has 0 unspecified atom stereocenters. The molecule has 1 amide bonds. The van der Waals surface area contributed by atoms with Crippen LogP contribution < -0.4 is 11.1 Å². The summed E-state index contributed by atoms with van der Waals surface area (Å²) in [6.07, 6.45) is 4.02. The molecule has 142 valence electrons. The van der Waals surface area contributed by atoms with Crippen molar-refractivity contribution in [3.05, 3.63) is 52.2 Å². The molecular weight excluding hydrogens is 348 g/mol. The number of nitrogens with one attached hydrogen (secondary N) is 1. The zero-order chi connectivity index (χ0) is 19.2. The molecule has 1 aromatic carbocycles. The molecule has 1 fully saturated rings. The first kappa shape index (κ1) is 18.6. The van der Waals surface area contributed by atoms with Gasteiger partial charge in [0.25, 0.3) is 0 Å². The molecule has 3 N–H and O–H groups in total. The molecule has 1 saturated heterocycles. The van der Waals surface area contributed by atoms with Gasteiger partial charge >= 0.3 is 5.69 Å². The largest absolute Gasteiger partial charge is 0.378 e. The van der Waals surface area contributed by atoms with E-state index >= 15 is 0 Å². The molecule has 0 bridgehead atoms. The zero-order valence-corrected chi connectivity index (χ0v) is 14.9. The number of carbonyl (C=O) groups excluding carboxylic acids is 1. The highest BCUT2D eigenvalue weighted by Gasteiger charge is 2.23. The second-order valence-electron chi connectivity index (χ2n) is 6.59. The number of nitrogens with zero attached hydrogens (tertiary/aromatic N) is 4. The van der Waals surface area contributed by atoms with Gasteiger partial charge in [0.05, 0.1) is 11.5 Å². The van der Waals surface area contributed by atoms with Gasteiger partial charge in [-0.2, -0.15) is 4.98 Å². The SMILES string of the molecule is Nc1nc(NCC(=O)N2CCC(Cc3ccccc3)CC2)ncc1[N+](=O)[O-]. The number of nitro groups is 1. The lowest BCUT2D eigenvalue weighted by molar-refractivity contribution is -0.384. The van der Waals surface area contributed by atoms with Crippen molar-refractivity contribution in [2.45, 2.75) is 19.3 Å². The quantitative estimate of drug-likeness (QED) is 0.587. The van der Waals surface area contributed by atoms with Crippen molar-refractivity contribution in [1.29, 1.82) is 0 Å². The van der Waals surface area contributed by atoms with E-state index in [-0.39, 0.29) is 29.9 Å². The highest BCUT2D eigenvalue weighted by molar-refractivity contribution is 5.80. The Balaban J connectivity index is 1.46. The van der Waals surface area contributed by atoms with E-state index in [1.807, 2.05) is 23.1 Å². The lowest BCUT2D eigenvalue weighted by Crippen LogP contribution is -2.41. The van der Waals surface area contributed by atoms with Crippen LogP contribution in [-0.2, 0) is 11.2 Å². The van der Waals surface area contributed by atoms with E-state index in [9.17, 15) is 14.9 Å². The molecule has 1 aliphatic rings. The van der Waals surface area contributed by atoms with Crippen LogP contribution >= 0.6 is 0 Å². The number of piperidine rings is 1. The van der Waals surface area contributed by atoms with Gasteiger partial charge in [-0.15, -0.1) is 0 Å². The van der Waals surface area contributed by atoms with Gasteiger partial charge in [-0.3, -0.25) is 14.9 Å². The standard InChI is InChI=1S/C18H22N6O3/c19-17-15(24(26)27)11-20-18(22-17)21-12-16(25)23-8-6-14(7-9-23)10-13-4-2-1-3-5-13/h1-5,11,14H,6-10,12H2,(H3,19,20,21,22). The third kappa shape index (κ3) is 4.90. The minimum absolute atomic E-state index is 0.0284. The molecule has 0 saturated carbocycles. The minimum atomic E-state index is -0.649. The lowest BCUT2D eigenvalue weighted by Gasteiger charge is -2.32. The molecule has 9 heteroatoms. The van der Waals surface area contributed by atoms with Crippen LogP contribution in [0.2, 0.25) is 0 Å². The highest BCUT2D eigenvalue weighted by Crippen LogP contribution is 2.22. The molecule has 1 aliphatic heterocycles. The zero-order valence-electron chi connectivity index (χ0n) is 14.9. The molecule has 3 rings (SSSR count). The Bertz CT molecular complexity index is 806. The van der Waals surface area contributed by atoms with E-state index < -0.39 is 4.92 Å². The summed E-state index contributed by atoms with van der Waals surface area (Å²) in [5.74, 6) is 0.410. The fourth-order valence-electron chi connectivity index (χ4n) is 3.21. The van der Waals surface area contributed by atoms with Gasteiger partial charge in [0.1, 0.15) is 6.20 Å². The maximum absolute atomic E-state index is 12.4. The van der Waals surface area contributed by atoms with Crippen LogP contribution in [0.25, 0.3) is 0 Å². The van der Waals surface area contributed by atoms with Crippen LogP contribution in [0.5, 0.6) is 0 Å². The Labute approximate surface area is 156 Å². The van der Waals surface area contributed by atoms with Gasteiger partial charge in [-0.05, 0) is 30.7 Å². The molecule has 9 nitrogen and oxygen atoms in total. The molecule has 0 atom stereocenters. The molecule has 2 heterocycles. The number of hydrogen-bond acceptors (Lipinski definition) is 7. The molecule has 27 heavy (non-hydrogen) atoms. The first-order valence-electron chi connectivity index (χ1n) is 8.85. The van der Waals surface area contributed by atoms with Crippen LogP contribution in [0.4, 0.5) is 17.5 Å². The van der Waals surface area contributed by atoms with Crippen LogP contribution in [0, 0.1) is 16.0 Å². The maximum atomic E-state index is 12.4.